The number of hydrogen-bond acceptors (Lipinski definition) is 4. The second kappa shape index (κ2) is 7.79. The van der Waals surface area contributed by atoms with E-state index in [0.717, 1.165) is 5.56 Å². The van der Waals surface area contributed by atoms with E-state index in [4.69, 9.17) is 10.5 Å². The number of methoxy groups -OCH3 is 1. The maximum Gasteiger partial charge on any atom is 0.394 e. The lowest BCUT2D eigenvalue weighted by Gasteiger charge is -2.32. The zero-order chi connectivity index (χ0) is 23.4. The van der Waals surface area contributed by atoms with Gasteiger partial charge in [0.15, 0.2) is 5.82 Å². The number of rotatable bonds is 4. The van der Waals surface area contributed by atoms with E-state index in [1.54, 1.807) is 19.1 Å². The highest BCUT2D eigenvalue weighted by Crippen LogP contribution is 2.41. The third-order valence-electron chi connectivity index (χ3n) is 6.25. The van der Waals surface area contributed by atoms with E-state index in [2.05, 4.69) is 20.9 Å². The van der Waals surface area contributed by atoms with Gasteiger partial charge in [-0.15, -0.1) is 0 Å². The molecule has 1 aromatic carbocycles. The molecule has 2 aliphatic rings. The number of amides is 2. The van der Waals surface area contributed by atoms with E-state index in [1.807, 2.05) is 0 Å². The van der Waals surface area contributed by atoms with Crippen LogP contribution in [0.3, 0.4) is 0 Å². The monoisotopic (exact) mass is 514 g/mol. The number of aryl methyl sites for hydroxylation is 1. The number of fused-ring (bicyclic) bond motifs is 3. The minimum Gasteiger partial charge on any atom is -0.496 e. The van der Waals surface area contributed by atoms with Crippen molar-refractivity contribution in [2.75, 3.05) is 13.7 Å². The molecule has 1 saturated heterocycles. The average Bonchev–Trinajstić information content (AvgIpc) is 3.27. The molecule has 172 valence electrons. The Morgan fingerprint density at radius 1 is 1.31 bits per heavy atom. The van der Waals surface area contributed by atoms with E-state index >= 15 is 0 Å². The van der Waals surface area contributed by atoms with Crippen LogP contribution in [0.4, 0.5) is 13.2 Å². The molecule has 11 heteroatoms. The number of carbonyl (C=O) groups is 2. The molecule has 2 aromatic rings. The highest BCUT2D eigenvalue weighted by atomic mass is 79.9. The maximum atomic E-state index is 13.4. The van der Waals surface area contributed by atoms with Gasteiger partial charge >= 0.3 is 6.18 Å². The molecule has 1 fully saturated rings. The average molecular weight is 515 g/mol. The molecule has 4 rings (SSSR count). The zero-order valence-corrected chi connectivity index (χ0v) is 19.1. The second-order valence-electron chi connectivity index (χ2n) is 8.27. The first kappa shape index (κ1) is 22.6. The molecule has 0 bridgehead atoms. The number of hydrogen-bond donors (Lipinski definition) is 1. The first-order valence-corrected chi connectivity index (χ1v) is 10.9. The van der Waals surface area contributed by atoms with Crippen LogP contribution in [0, 0.1) is 0 Å². The maximum absolute atomic E-state index is 13.4. The number of imidazole rings is 1. The van der Waals surface area contributed by atoms with Gasteiger partial charge in [0.2, 0.25) is 5.91 Å². The van der Waals surface area contributed by atoms with Crippen LogP contribution in [-0.2, 0) is 24.2 Å². The third kappa shape index (κ3) is 3.66. The molecule has 7 nitrogen and oxygen atoms in total. The number of primary amides is 1. The number of nitrogens with two attached hydrogens (primary N) is 1. The third-order valence-corrected chi connectivity index (χ3v) is 6.87. The molecular weight excluding hydrogens is 493 g/mol. The van der Waals surface area contributed by atoms with Crippen molar-refractivity contribution in [3.63, 3.8) is 0 Å². The largest absolute Gasteiger partial charge is 0.496 e. The number of nitrogens with zero attached hydrogens (tertiary/aromatic N) is 3. The highest BCUT2D eigenvalue weighted by Gasteiger charge is 2.46. The molecule has 3 heterocycles. The quantitative estimate of drug-likeness (QED) is 0.676. The lowest BCUT2D eigenvalue weighted by molar-refractivity contribution is -0.128. The number of likely N-dealkylation sites (tertiary alicyclic amines) is 1. The van der Waals surface area contributed by atoms with Gasteiger partial charge in [-0.25, -0.2) is 4.98 Å². The van der Waals surface area contributed by atoms with Crippen molar-refractivity contribution in [3.8, 4) is 17.0 Å². The summed E-state index contributed by atoms with van der Waals surface area (Å²) in [6.45, 7) is 2.14. The summed E-state index contributed by atoms with van der Waals surface area (Å²) in [6.07, 6.45) is -4.32. The van der Waals surface area contributed by atoms with Crippen molar-refractivity contribution in [3.05, 3.63) is 33.7 Å². The molecule has 0 radical (unpaired) electrons. The summed E-state index contributed by atoms with van der Waals surface area (Å²) in [5, 5.41) is 0. The van der Waals surface area contributed by atoms with E-state index in [9.17, 15) is 22.8 Å². The van der Waals surface area contributed by atoms with Gasteiger partial charge in [0.1, 0.15) is 11.3 Å². The van der Waals surface area contributed by atoms with E-state index in [1.165, 1.54) is 16.6 Å². The molecule has 0 spiro atoms. The fourth-order valence-electron chi connectivity index (χ4n) is 4.57. The fraction of sp³-hybridized carbons (Fsp3) is 0.476. The Morgan fingerprint density at radius 3 is 2.66 bits per heavy atom. The minimum atomic E-state index is -4.51. The topological polar surface area (TPSA) is 90.5 Å². The zero-order valence-electron chi connectivity index (χ0n) is 17.6. The molecule has 0 saturated carbocycles. The van der Waals surface area contributed by atoms with Gasteiger partial charge in [-0.2, -0.15) is 13.2 Å². The van der Waals surface area contributed by atoms with Crippen LogP contribution >= 0.6 is 15.9 Å². The van der Waals surface area contributed by atoms with Crippen LogP contribution in [0.2, 0.25) is 0 Å². The van der Waals surface area contributed by atoms with Crippen LogP contribution in [0.25, 0.3) is 11.3 Å². The van der Waals surface area contributed by atoms with Gasteiger partial charge in [-0.3, -0.25) is 9.59 Å². The Kier molecular flexibility index (Phi) is 5.51. The Morgan fingerprint density at radius 2 is 2.03 bits per heavy atom. The van der Waals surface area contributed by atoms with Crippen molar-refractivity contribution < 1.29 is 27.5 Å². The van der Waals surface area contributed by atoms with Crippen molar-refractivity contribution in [2.24, 2.45) is 5.73 Å². The molecular formula is C21H22BrF3N4O3. The van der Waals surface area contributed by atoms with Crippen LogP contribution in [0.1, 0.15) is 41.6 Å². The summed E-state index contributed by atoms with van der Waals surface area (Å²) in [5.74, 6) is -0.772. The molecule has 1 atom stereocenters. The molecule has 0 aliphatic carbocycles. The SMILES string of the molecule is COc1cc2c(cc1Br)-c1c(CC(F)(F)F)nc(C(=O)N3CCC[C@]3(C)C(N)=O)n1CC2. The lowest BCUT2D eigenvalue weighted by Crippen LogP contribution is -2.54. The Labute approximate surface area is 190 Å². The summed E-state index contributed by atoms with van der Waals surface area (Å²) in [4.78, 5) is 31.0. The molecule has 32 heavy (non-hydrogen) atoms. The van der Waals surface area contributed by atoms with Gasteiger partial charge in [0, 0.05) is 18.7 Å². The Bertz CT molecular complexity index is 1110. The van der Waals surface area contributed by atoms with Gasteiger partial charge in [0.25, 0.3) is 5.91 Å². The van der Waals surface area contributed by atoms with Crippen LogP contribution in [-0.4, -0.2) is 51.6 Å². The number of benzene rings is 1. The van der Waals surface area contributed by atoms with Gasteiger partial charge in [0.05, 0.1) is 29.4 Å². The van der Waals surface area contributed by atoms with Crippen molar-refractivity contribution in [1.29, 1.82) is 0 Å². The summed E-state index contributed by atoms with van der Waals surface area (Å²) >= 11 is 3.39. The van der Waals surface area contributed by atoms with E-state index in [-0.39, 0.29) is 30.3 Å². The summed E-state index contributed by atoms with van der Waals surface area (Å²) in [6, 6.07) is 3.47. The number of carbonyl (C=O) groups excluding carboxylic acids is 2. The first-order valence-electron chi connectivity index (χ1n) is 10.1. The highest BCUT2D eigenvalue weighted by molar-refractivity contribution is 9.10. The molecule has 0 unspecified atom stereocenters. The smallest absolute Gasteiger partial charge is 0.394 e. The second-order valence-corrected chi connectivity index (χ2v) is 9.12. The van der Waals surface area contributed by atoms with E-state index < -0.39 is 30.0 Å². The summed E-state index contributed by atoms with van der Waals surface area (Å²) < 4.78 is 47.6. The number of aromatic nitrogens is 2. The molecule has 2 N–H and O–H groups in total. The van der Waals surface area contributed by atoms with Crippen molar-refractivity contribution >= 4 is 27.7 Å². The van der Waals surface area contributed by atoms with Gasteiger partial charge in [-0.1, -0.05) is 0 Å². The predicted molar refractivity (Wildman–Crippen MR) is 113 cm³/mol. The molecule has 1 aromatic heterocycles. The van der Waals surface area contributed by atoms with Gasteiger partial charge < -0.3 is 19.9 Å². The minimum absolute atomic E-state index is 0.105. The standard InChI is InChI=1S/C21H22BrF3N4O3/c1-20(19(26)31)5-3-6-29(20)18(30)17-27-14(10-21(23,24)25)16-12-9-13(22)15(32-2)8-11(12)4-7-28(16)17/h8-9H,3-7,10H2,1-2H3,(H2,26,31)/t20-/m1/s1. The van der Waals surface area contributed by atoms with E-state index in [0.29, 0.717) is 35.0 Å². The number of ether oxygens (including phenoxy) is 1. The summed E-state index contributed by atoms with van der Waals surface area (Å²) in [5.41, 5.74) is 5.76. The summed E-state index contributed by atoms with van der Waals surface area (Å²) in [7, 11) is 1.51. The molecule has 2 aliphatic heterocycles. The molecule has 2 amide bonds. The van der Waals surface area contributed by atoms with Crippen LogP contribution < -0.4 is 10.5 Å². The fourth-order valence-corrected chi connectivity index (χ4v) is 5.08. The predicted octanol–water partition coefficient (Wildman–Crippen LogP) is 3.46. The number of alkyl halides is 3. The van der Waals surface area contributed by atoms with Crippen molar-refractivity contribution in [2.45, 2.75) is 50.9 Å². The normalized spacial score (nSPS) is 20.1. The van der Waals surface area contributed by atoms with Crippen molar-refractivity contribution in [1.82, 2.24) is 14.5 Å². The van der Waals surface area contributed by atoms with Crippen LogP contribution in [0.15, 0.2) is 16.6 Å². The Hall–Kier alpha value is -2.56. The Balaban J connectivity index is 1.87. The van der Waals surface area contributed by atoms with Gasteiger partial charge in [-0.05, 0) is 59.8 Å². The first-order chi connectivity index (χ1) is 15.0. The number of halogens is 4. The lowest BCUT2D eigenvalue weighted by atomic mass is 9.96. The van der Waals surface area contributed by atoms with Crippen LogP contribution in [0.5, 0.6) is 5.75 Å².